The Bertz CT molecular complexity index is 333. The highest BCUT2D eigenvalue weighted by atomic mass is 16.2. The Morgan fingerprint density at radius 2 is 1.68 bits per heavy atom. The Morgan fingerprint density at radius 3 is 2.16 bits per heavy atom. The smallest absolute Gasteiger partial charge is 0.224 e. The lowest BCUT2D eigenvalue weighted by atomic mass is 9.63. The summed E-state index contributed by atoms with van der Waals surface area (Å²) < 4.78 is 0. The normalized spacial score (nSPS) is 34.2. The van der Waals surface area contributed by atoms with Gasteiger partial charge in [-0.1, -0.05) is 34.6 Å². The average molecular weight is 266 g/mol. The summed E-state index contributed by atoms with van der Waals surface area (Å²) in [4.78, 5) is 12.4. The maximum Gasteiger partial charge on any atom is 0.224 e. The predicted molar refractivity (Wildman–Crippen MR) is 78.9 cm³/mol. The Morgan fingerprint density at radius 1 is 1.11 bits per heavy atom. The van der Waals surface area contributed by atoms with Crippen molar-refractivity contribution in [3.05, 3.63) is 0 Å². The van der Waals surface area contributed by atoms with Crippen molar-refractivity contribution >= 4 is 5.91 Å². The van der Waals surface area contributed by atoms with Crippen LogP contribution in [-0.2, 0) is 4.79 Å². The van der Waals surface area contributed by atoms with Gasteiger partial charge in [-0.25, -0.2) is 0 Å². The van der Waals surface area contributed by atoms with Gasteiger partial charge in [0.2, 0.25) is 5.91 Å². The van der Waals surface area contributed by atoms with E-state index in [4.69, 9.17) is 0 Å². The lowest BCUT2D eigenvalue weighted by molar-refractivity contribution is -0.127. The molecular weight excluding hydrogens is 236 g/mol. The highest BCUT2D eigenvalue weighted by molar-refractivity contribution is 5.79. The molecule has 110 valence electrons. The molecule has 0 aromatic heterocycles. The van der Waals surface area contributed by atoms with Gasteiger partial charge in [0.15, 0.2) is 0 Å². The van der Waals surface area contributed by atoms with Crippen LogP contribution in [-0.4, -0.2) is 25.0 Å². The van der Waals surface area contributed by atoms with E-state index in [1.54, 1.807) is 0 Å². The zero-order valence-corrected chi connectivity index (χ0v) is 13.2. The lowest BCUT2D eigenvalue weighted by Gasteiger charge is -2.45. The molecule has 3 heteroatoms. The number of carbonyl (C=O) groups excluding carboxylic acids is 1. The fraction of sp³-hybridized carbons (Fsp3) is 0.938. The van der Waals surface area contributed by atoms with E-state index in [9.17, 15) is 4.79 Å². The van der Waals surface area contributed by atoms with Gasteiger partial charge in [-0.15, -0.1) is 0 Å². The molecule has 19 heavy (non-hydrogen) atoms. The predicted octanol–water partition coefficient (Wildman–Crippen LogP) is 2.56. The standard InChI is InChI=1S/C16H30N2O/c1-11-8-17-9-13(11)14(19)18-12-6-15(2,3)10-16(4,5)7-12/h11-13,17H,6-10H2,1-5H3,(H,18,19). The van der Waals surface area contributed by atoms with Crippen molar-refractivity contribution < 1.29 is 4.79 Å². The van der Waals surface area contributed by atoms with Gasteiger partial charge in [-0.05, 0) is 42.6 Å². The van der Waals surface area contributed by atoms with Gasteiger partial charge in [-0.3, -0.25) is 4.79 Å². The van der Waals surface area contributed by atoms with Gasteiger partial charge in [0, 0.05) is 12.6 Å². The van der Waals surface area contributed by atoms with Gasteiger partial charge in [0.05, 0.1) is 5.92 Å². The molecule has 2 unspecified atom stereocenters. The molecule has 2 aliphatic rings. The largest absolute Gasteiger partial charge is 0.353 e. The summed E-state index contributed by atoms with van der Waals surface area (Å²) in [7, 11) is 0. The van der Waals surface area contributed by atoms with Gasteiger partial charge >= 0.3 is 0 Å². The van der Waals surface area contributed by atoms with E-state index in [-0.39, 0.29) is 11.8 Å². The minimum Gasteiger partial charge on any atom is -0.353 e. The summed E-state index contributed by atoms with van der Waals surface area (Å²) >= 11 is 0. The highest BCUT2D eigenvalue weighted by Crippen LogP contribution is 2.45. The minimum atomic E-state index is 0.160. The van der Waals surface area contributed by atoms with Crippen LogP contribution in [0, 0.1) is 22.7 Å². The fourth-order valence-corrected chi connectivity index (χ4v) is 4.42. The first-order chi connectivity index (χ1) is 8.69. The van der Waals surface area contributed by atoms with Crippen LogP contribution >= 0.6 is 0 Å². The molecule has 1 saturated heterocycles. The Labute approximate surface area is 117 Å². The van der Waals surface area contributed by atoms with Crippen LogP contribution in [0.5, 0.6) is 0 Å². The molecular formula is C16H30N2O. The molecule has 3 nitrogen and oxygen atoms in total. The van der Waals surface area contributed by atoms with E-state index in [1.807, 2.05) is 0 Å². The van der Waals surface area contributed by atoms with Crippen molar-refractivity contribution in [1.29, 1.82) is 0 Å². The van der Waals surface area contributed by atoms with Gasteiger partial charge < -0.3 is 10.6 Å². The van der Waals surface area contributed by atoms with Crippen molar-refractivity contribution in [2.75, 3.05) is 13.1 Å². The first-order valence-corrected chi connectivity index (χ1v) is 7.70. The third-order valence-electron chi connectivity index (χ3n) is 4.76. The molecule has 2 N–H and O–H groups in total. The second-order valence-corrected chi connectivity index (χ2v) is 8.36. The number of carbonyl (C=O) groups is 1. The molecule has 0 spiro atoms. The van der Waals surface area contributed by atoms with Crippen molar-refractivity contribution in [3.8, 4) is 0 Å². The third kappa shape index (κ3) is 3.71. The molecule has 1 amide bonds. The Kier molecular flexibility index (Phi) is 3.97. The van der Waals surface area contributed by atoms with Gasteiger partial charge in [0.1, 0.15) is 0 Å². The van der Waals surface area contributed by atoms with Crippen LogP contribution in [0.3, 0.4) is 0 Å². The molecule has 2 atom stereocenters. The van der Waals surface area contributed by atoms with Crippen LogP contribution in [0.25, 0.3) is 0 Å². The highest BCUT2D eigenvalue weighted by Gasteiger charge is 2.40. The molecule has 2 fully saturated rings. The van der Waals surface area contributed by atoms with Crippen LogP contribution in [0.2, 0.25) is 0 Å². The first kappa shape index (κ1) is 14.8. The lowest BCUT2D eigenvalue weighted by Crippen LogP contribution is -2.48. The van der Waals surface area contributed by atoms with E-state index in [1.165, 1.54) is 6.42 Å². The van der Waals surface area contributed by atoms with E-state index in [2.05, 4.69) is 45.3 Å². The maximum absolute atomic E-state index is 12.4. The zero-order valence-electron chi connectivity index (χ0n) is 13.2. The average Bonchev–Trinajstić information content (AvgIpc) is 2.58. The number of hydrogen-bond donors (Lipinski definition) is 2. The van der Waals surface area contributed by atoms with Gasteiger partial charge in [0.25, 0.3) is 0 Å². The summed E-state index contributed by atoms with van der Waals surface area (Å²) in [5.41, 5.74) is 0.665. The van der Waals surface area contributed by atoms with E-state index in [0.29, 0.717) is 22.8 Å². The second kappa shape index (κ2) is 5.08. The van der Waals surface area contributed by atoms with Crippen molar-refractivity contribution in [1.82, 2.24) is 10.6 Å². The van der Waals surface area contributed by atoms with Crippen LogP contribution in [0.15, 0.2) is 0 Å². The van der Waals surface area contributed by atoms with E-state index >= 15 is 0 Å². The third-order valence-corrected chi connectivity index (χ3v) is 4.76. The molecule has 1 aliphatic carbocycles. The molecule has 1 aliphatic heterocycles. The molecule has 2 rings (SSSR count). The van der Waals surface area contributed by atoms with Crippen molar-refractivity contribution in [2.24, 2.45) is 22.7 Å². The summed E-state index contributed by atoms with van der Waals surface area (Å²) in [6, 6.07) is 0.346. The Balaban J connectivity index is 1.96. The number of hydrogen-bond acceptors (Lipinski definition) is 2. The SMILES string of the molecule is CC1CNCC1C(=O)NC1CC(C)(C)CC(C)(C)C1. The summed E-state index contributed by atoms with van der Waals surface area (Å²) in [6.07, 6.45) is 3.46. The van der Waals surface area contributed by atoms with E-state index in [0.717, 1.165) is 25.9 Å². The zero-order chi connectivity index (χ0) is 14.3. The molecule has 0 aromatic rings. The van der Waals surface area contributed by atoms with Crippen LogP contribution < -0.4 is 10.6 Å². The van der Waals surface area contributed by atoms with Crippen LogP contribution in [0.1, 0.15) is 53.9 Å². The van der Waals surface area contributed by atoms with Crippen molar-refractivity contribution in [2.45, 2.75) is 59.9 Å². The fourth-order valence-electron chi connectivity index (χ4n) is 4.42. The van der Waals surface area contributed by atoms with Gasteiger partial charge in [-0.2, -0.15) is 0 Å². The topological polar surface area (TPSA) is 41.1 Å². The Hall–Kier alpha value is -0.570. The molecule has 1 heterocycles. The summed E-state index contributed by atoms with van der Waals surface area (Å²) in [6.45, 7) is 13.3. The molecule has 0 bridgehead atoms. The number of rotatable bonds is 2. The number of nitrogens with one attached hydrogen (secondary N) is 2. The quantitative estimate of drug-likeness (QED) is 0.806. The van der Waals surface area contributed by atoms with Crippen molar-refractivity contribution in [3.63, 3.8) is 0 Å². The second-order valence-electron chi connectivity index (χ2n) is 8.36. The summed E-state index contributed by atoms with van der Waals surface area (Å²) in [5, 5.41) is 6.64. The minimum absolute atomic E-state index is 0.160. The maximum atomic E-state index is 12.4. The first-order valence-electron chi connectivity index (χ1n) is 7.70. The van der Waals surface area contributed by atoms with E-state index < -0.39 is 0 Å². The molecule has 0 radical (unpaired) electrons. The van der Waals surface area contributed by atoms with Crippen LogP contribution in [0.4, 0.5) is 0 Å². The monoisotopic (exact) mass is 266 g/mol. The summed E-state index contributed by atoms with van der Waals surface area (Å²) in [5.74, 6) is 0.883. The molecule has 0 aromatic carbocycles. The number of amides is 1. The molecule has 1 saturated carbocycles.